The zero-order valence-corrected chi connectivity index (χ0v) is 11.8. The van der Waals surface area contributed by atoms with Crippen LogP contribution in [0.3, 0.4) is 0 Å². The number of alkyl halides is 6. The summed E-state index contributed by atoms with van der Waals surface area (Å²) in [5.74, 6) is -3.10. The standard InChI is InChI=1S/C12H11F6NO4/c1-3-22-8(20)5-6-4-7(23-12(16,17)18)9(11(13,14)15)19-10(6)21-2/h4H,3,5H2,1-2H3. The first-order valence-electron chi connectivity index (χ1n) is 6.04. The Hall–Kier alpha value is -2.20. The van der Waals surface area contributed by atoms with Gasteiger partial charge < -0.3 is 14.2 Å². The Morgan fingerprint density at radius 3 is 2.26 bits per heavy atom. The van der Waals surface area contributed by atoms with E-state index >= 15 is 0 Å². The summed E-state index contributed by atoms with van der Waals surface area (Å²) in [4.78, 5) is 14.3. The minimum Gasteiger partial charge on any atom is -0.481 e. The Bertz CT molecular complexity index is 570. The number of carbonyl (C=O) groups excluding carboxylic acids is 1. The third-order valence-electron chi connectivity index (χ3n) is 2.35. The number of esters is 1. The van der Waals surface area contributed by atoms with Crippen LogP contribution in [0.25, 0.3) is 0 Å². The van der Waals surface area contributed by atoms with Crippen molar-refractivity contribution in [2.45, 2.75) is 25.9 Å². The molecule has 1 heterocycles. The number of hydrogen-bond donors (Lipinski definition) is 0. The molecule has 23 heavy (non-hydrogen) atoms. The quantitative estimate of drug-likeness (QED) is 0.605. The Morgan fingerprint density at radius 1 is 1.22 bits per heavy atom. The van der Waals surface area contributed by atoms with Gasteiger partial charge in [-0.3, -0.25) is 4.79 Å². The summed E-state index contributed by atoms with van der Waals surface area (Å²) in [5, 5.41) is 0. The Kier molecular flexibility index (Phi) is 5.67. The normalized spacial score (nSPS) is 12.0. The lowest BCUT2D eigenvalue weighted by Gasteiger charge is -2.17. The fraction of sp³-hybridized carbons (Fsp3) is 0.500. The second kappa shape index (κ2) is 6.92. The maximum Gasteiger partial charge on any atom is 0.573 e. The second-order valence-electron chi connectivity index (χ2n) is 4.03. The van der Waals surface area contributed by atoms with Crippen LogP contribution >= 0.6 is 0 Å². The molecule has 5 nitrogen and oxygen atoms in total. The molecule has 0 amide bonds. The number of pyridine rings is 1. The first-order valence-corrected chi connectivity index (χ1v) is 6.04. The predicted octanol–water partition coefficient (Wildman–Crippen LogP) is 3.11. The number of ether oxygens (including phenoxy) is 3. The molecule has 0 fully saturated rings. The predicted molar refractivity (Wildman–Crippen MR) is 62.8 cm³/mol. The molecular formula is C12H11F6NO4. The van der Waals surface area contributed by atoms with Gasteiger partial charge >= 0.3 is 18.5 Å². The average molecular weight is 347 g/mol. The van der Waals surface area contributed by atoms with Crippen molar-refractivity contribution in [3.05, 3.63) is 17.3 Å². The molecular weight excluding hydrogens is 336 g/mol. The van der Waals surface area contributed by atoms with Crippen molar-refractivity contribution in [3.8, 4) is 11.6 Å². The van der Waals surface area contributed by atoms with Crippen LogP contribution < -0.4 is 9.47 Å². The van der Waals surface area contributed by atoms with Crippen LogP contribution in [0.4, 0.5) is 26.3 Å². The number of methoxy groups -OCH3 is 1. The fourth-order valence-electron chi connectivity index (χ4n) is 1.59. The van der Waals surface area contributed by atoms with E-state index < -0.39 is 42.3 Å². The number of hydrogen-bond acceptors (Lipinski definition) is 5. The van der Waals surface area contributed by atoms with Crippen LogP contribution in [0.15, 0.2) is 6.07 Å². The lowest BCUT2D eigenvalue weighted by molar-refractivity contribution is -0.276. The zero-order valence-electron chi connectivity index (χ0n) is 11.8. The molecule has 0 aliphatic rings. The summed E-state index contributed by atoms with van der Waals surface area (Å²) < 4.78 is 87.7. The van der Waals surface area contributed by atoms with Gasteiger partial charge in [0.25, 0.3) is 0 Å². The molecule has 0 unspecified atom stereocenters. The first-order chi connectivity index (χ1) is 10.5. The minimum absolute atomic E-state index is 0.0128. The van der Waals surface area contributed by atoms with Crippen LogP contribution in [-0.4, -0.2) is 31.0 Å². The van der Waals surface area contributed by atoms with Crippen LogP contribution in [0.2, 0.25) is 0 Å². The Balaban J connectivity index is 3.36. The van der Waals surface area contributed by atoms with E-state index in [1.165, 1.54) is 6.92 Å². The summed E-state index contributed by atoms with van der Waals surface area (Å²) in [5.41, 5.74) is -2.25. The molecule has 0 aromatic carbocycles. The number of rotatable bonds is 5. The van der Waals surface area contributed by atoms with Gasteiger partial charge in [-0.25, -0.2) is 4.98 Å². The molecule has 0 bridgehead atoms. The van der Waals surface area contributed by atoms with Gasteiger partial charge in [0.15, 0.2) is 11.4 Å². The summed E-state index contributed by atoms with van der Waals surface area (Å²) in [7, 11) is 0.960. The molecule has 0 atom stereocenters. The van der Waals surface area contributed by atoms with Gasteiger partial charge in [0.05, 0.1) is 20.1 Å². The highest BCUT2D eigenvalue weighted by Gasteiger charge is 2.42. The van der Waals surface area contributed by atoms with Crippen LogP contribution in [0.1, 0.15) is 18.2 Å². The number of nitrogens with zero attached hydrogens (tertiary/aromatic N) is 1. The van der Waals surface area contributed by atoms with Gasteiger partial charge in [0.2, 0.25) is 5.88 Å². The zero-order chi connectivity index (χ0) is 17.8. The average Bonchev–Trinajstić information content (AvgIpc) is 2.35. The number of aromatic nitrogens is 1. The van der Waals surface area contributed by atoms with Crippen LogP contribution in [-0.2, 0) is 22.1 Å². The third-order valence-corrected chi connectivity index (χ3v) is 2.35. The molecule has 0 aliphatic carbocycles. The molecule has 0 saturated heterocycles. The maximum atomic E-state index is 12.8. The summed E-state index contributed by atoms with van der Waals surface area (Å²) in [6.45, 7) is 1.47. The SMILES string of the molecule is CCOC(=O)Cc1cc(OC(F)(F)F)c(C(F)(F)F)nc1OC. The molecule has 130 valence electrons. The van der Waals surface area contributed by atoms with E-state index in [2.05, 4.69) is 19.2 Å². The van der Waals surface area contributed by atoms with Gasteiger partial charge in [0.1, 0.15) is 0 Å². The van der Waals surface area contributed by atoms with E-state index in [9.17, 15) is 31.1 Å². The third kappa shape index (κ3) is 5.49. The fourth-order valence-corrected chi connectivity index (χ4v) is 1.59. The first kappa shape index (κ1) is 18.8. The van der Waals surface area contributed by atoms with Gasteiger partial charge in [-0.2, -0.15) is 13.2 Å². The van der Waals surface area contributed by atoms with E-state index in [0.29, 0.717) is 6.07 Å². The van der Waals surface area contributed by atoms with E-state index in [1.54, 1.807) is 0 Å². The van der Waals surface area contributed by atoms with Crippen molar-refractivity contribution in [1.82, 2.24) is 4.98 Å². The smallest absolute Gasteiger partial charge is 0.481 e. The maximum absolute atomic E-state index is 12.8. The Morgan fingerprint density at radius 2 is 1.83 bits per heavy atom. The van der Waals surface area contributed by atoms with Crippen molar-refractivity contribution >= 4 is 5.97 Å². The van der Waals surface area contributed by atoms with Crippen LogP contribution in [0, 0.1) is 0 Å². The topological polar surface area (TPSA) is 57.7 Å². The summed E-state index contributed by atoms with van der Waals surface area (Å²) >= 11 is 0. The molecule has 0 radical (unpaired) electrons. The highest BCUT2D eigenvalue weighted by atomic mass is 19.4. The number of halogens is 6. The molecule has 0 saturated carbocycles. The van der Waals surface area contributed by atoms with E-state index in [1.807, 2.05) is 0 Å². The van der Waals surface area contributed by atoms with E-state index in [0.717, 1.165) is 7.11 Å². The summed E-state index contributed by atoms with van der Waals surface area (Å²) in [6, 6.07) is 0.402. The van der Waals surface area contributed by atoms with Crippen molar-refractivity contribution < 1.29 is 45.3 Å². The molecule has 1 aromatic rings. The van der Waals surface area contributed by atoms with Crippen molar-refractivity contribution in [2.24, 2.45) is 0 Å². The van der Waals surface area contributed by atoms with Crippen molar-refractivity contribution in [2.75, 3.05) is 13.7 Å². The van der Waals surface area contributed by atoms with Crippen molar-refractivity contribution in [1.29, 1.82) is 0 Å². The molecule has 1 aromatic heterocycles. The number of carbonyl (C=O) groups is 1. The summed E-state index contributed by atoms with van der Waals surface area (Å²) in [6.07, 6.45) is -11.2. The lowest BCUT2D eigenvalue weighted by Crippen LogP contribution is -2.22. The molecule has 0 spiro atoms. The van der Waals surface area contributed by atoms with E-state index in [-0.39, 0.29) is 12.2 Å². The lowest BCUT2D eigenvalue weighted by atomic mass is 10.1. The Labute approximate surface area is 126 Å². The highest BCUT2D eigenvalue weighted by molar-refractivity contribution is 5.73. The second-order valence-corrected chi connectivity index (χ2v) is 4.03. The minimum atomic E-state index is -5.36. The largest absolute Gasteiger partial charge is 0.573 e. The highest BCUT2D eigenvalue weighted by Crippen LogP contribution is 2.39. The molecule has 1 rings (SSSR count). The van der Waals surface area contributed by atoms with Crippen molar-refractivity contribution in [3.63, 3.8) is 0 Å². The monoisotopic (exact) mass is 347 g/mol. The van der Waals surface area contributed by atoms with Gasteiger partial charge in [0, 0.05) is 5.56 Å². The molecule has 0 aliphatic heterocycles. The molecule has 11 heteroatoms. The van der Waals surface area contributed by atoms with Gasteiger partial charge in [-0.1, -0.05) is 0 Å². The van der Waals surface area contributed by atoms with Crippen LogP contribution in [0.5, 0.6) is 11.6 Å². The van der Waals surface area contributed by atoms with Gasteiger partial charge in [-0.15, -0.1) is 13.2 Å². The molecule has 0 N–H and O–H groups in total. The van der Waals surface area contributed by atoms with Gasteiger partial charge in [-0.05, 0) is 13.0 Å². The van der Waals surface area contributed by atoms with E-state index in [4.69, 9.17) is 0 Å².